The van der Waals surface area contributed by atoms with Crippen LogP contribution in [0.3, 0.4) is 0 Å². The quantitative estimate of drug-likeness (QED) is 0.713. The van der Waals surface area contributed by atoms with Crippen molar-refractivity contribution in [3.8, 4) is 6.07 Å². The number of ether oxygens (including phenoxy) is 2. The van der Waals surface area contributed by atoms with Crippen LogP contribution in [0.5, 0.6) is 0 Å². The lowest BCUT2D eigenvalue weighted by atomic mass is 9.85. The largest absolute Gasteiger partial charge is 0.469 e. The maximum atomic E-state index is 12.0. The Morgan fingerprint density at radius 3 is 2.28 bits per heavy atom. The van der Waals surface area contributed by atoms with Gasteiger partial charge in [-0.1, -0.05) is 20.8 Å². The number of hydrogen-bond acceptors (Lipinski definition) is 5. The van der Waals surface area contributed by atoms with Crippen LogP contribution in [0.15, 0.2) is 0 Å². The van der Waals surface area contributed by atoms with E-state index < -0.39 is 23.3 Å². The maximum Gasteiger partial charge on any atom is 0.327 e. The highest BCUT2D eigenvalue weighted by Crippen LogP contribution is 2.66. The molecule has 18 heavy (non-hydrogen) atoms. The van der Waals surface area contributed by atoms with E-state index in [9.17, 15) is 14.9 Å². The molecule has 0 unspecified atom stereocenters. The monoisotopic (exact) mass is 253 g/mol. The smallest absolute Gasteiger partial charge is 0.327 e. The van der Waals surface area contributed by atoms with Crippen LogP contribution in [-0.4, -0.2) is 25.7 Å². The fraction of sp³-hybridized carbons (Fsp3) is 0.769. The summed E-state index contributed by atoms with van der Waals surface area (Å²) in [5, 5.41) is 9.34. The number of carbonyl (C=O) groups excluding carboxylic acids is 2. The number of nitriles is 1. The molecule has 5 nitrogen and oxygen atoms in total. The summed E-state index contributed by atoms with van der Waals surface area (Å²) in [6.07, 6.45) is 0. The summed E-state index contributed by atoms with van der Waals surface area (Å²) < 4.78 is 9.63. The first-order valence-electron chi connectivity index (χ1n) is 5.93. The zero-order chi connectivity index (χ0) is 14.1. The number of esters is 2. The molecule has 1 fully saturated rings. The molecule has 0 aliphatic heterocycles. The van der Waals surface area contributed by atoms with Gasteiger partial charge in [-0.25, -0.2) is 0 Å². The van der Waals surface area contributed by atoms with Crippen LogP contribution >= 0.6 is 0 Å². The summed E-state index contributed by atoms with van der Waals surface area (Å²) in [7, 11) is 1.26. The lowest BCUT2D eigenvalue weighted by Gasteiger charge is -2.19. The van der Waals surface area contributed by atoms with Gasteiger partial charge in [-0.3, -0.25) is 9.59 Å². The van der Waals surface area contributed by atoms with Crippen molar-refractivity contribution in [2.45, 2.75) is 27.7 Å². The SMILES string of the molecule is CCOC(=O)[C@]1(C#N)[C@H](C(=O)OC)[C@H]1C(C)(C)C. The van der Waals surface area contributed by atoms with Gasteiger partial charge < -0.3 is 9.47 Å². The second-order valence-corrected chi connectivity index (χ2v) is 5.55. The topological polar surface area (TPSA) is 76.4 Å². The number of nitrogens with zero attached hydrogens (tertiary/aromatic N) is 1. The summed E-state index contributed by atoms with van der Waals surface area (Å²) in [5.74, 6) is -2.25. The molecule has 0 radical (unpaired) electrons. The molecule has 5 heteroatoms. The maximum absolute atomic E-state index is 12.0. The minimum absolute atomic E-state index is 0.188. The van der Waals surface area contributed by atoms with Crippen molar-refractivity contribution in [3.05, 3.63) is 0 Å². The first kappa shape index (κ1) is 14.5. The van der Waals surface area contributed by atoms with Crippen molar-refractivity contribution in [1.29, 1.82) is 5.26 Å². The number of hydrogen-bond donors (Lipinski definition) is 0. The molecular weight excluding hydrogens is 234 g/mol. The third kappa shape index (κ3) is 1.96. The van der Waals surface area contributed by atoms with Gasteiger partial charge in [0.1, 0.15) is 0 Å². The summed E-state index contributed by atoms with van der Waals surface area (Å²) in [6, 6.07) is 1.98. The normalized spacial score (nSPS) is 30.2. The molecule has 1 rings (SSSR count). The third-order valence-electron chi connectivity index (χ3n) is 3.39. The molecule has 3 atom stereocenters. The third-order valence-corrected chi connectivity index (χ3v) is 3.39. The van der Waals surface area contributed by atoms with Crippen molar-refractivity contribution < 1.29 is 19.1 Å². The lowest BCUT2D eigenvalue weighted by Crippen LogP contribution is -2.25. The molecule has 0 aromatic heterocycles. The average molecular weight is 253 g/mol. The highest BCUT2D eigenvalue weighted by atomic mass is 16.5. The van der Waals surface area contributed by atoms with E-state index in [1.54, 1.807) is 6.92 Å². The first-order valence-corrected chi connectivity index (χ1v) is 5.93. The Labute approximate surface area is 107 Å². The van der Waals surface area contributed by atoms with Crippen molar-refractivity contribution in [1.82, 2.24) is 0 Å². The molecule has 0 bridgehead atoms. The van der Waals surface area contributed by atoms with Crippen molar-refractivity contribution in [2.24, 2.45) is 22.7 Å². The molecule has 100 valence electrons. The molecule has 0 saturated heterocycles. The number of rotatable bonds is 3. The zero-order valence-electron chi connectivity index (χ0n) is 11.4. The Balaban J connectivity index is 3.14. The van der Waals surface area contributed by atoms with E-state index in [1.165, 1.54) is 7.11 Å². The van der Waals surface area contributed by atoms with E-state index in [1.807, 2.05) is 26.8 Å². The Morgan fingerprint density at radius 2 is 1.94 bits per heavy atom. The number of methoxy groups -OCH3 is 1. The summed E-state index contributed by atoms with van der Waals surface area (Å²) >= 11 is 0. The van der Waals surface area contributed by atoms with Crippen LogP contribution in [-0.2, 0) is 19.1 Å². The van der Waals surface area contributed by atoms with Crippen LogP contribution in [0.1, 0.15) is 27.7 Å². The van der Waals surface area contributed by atoms with Gasteiger partial charge in [0.15, 0.2) is 5.41 Å². The fourth-order valence-electron chi connectivity index (χ4n) is 2.71. The Hall–Kier alpha value is -1.57. The summed E-state index contributed by atoms with van der Waals surface area (Å²) in [5.41, 5.74) is -1.73. The van der Waals surface area contributed by atoms with Gasteiger partial charge in [-0.05, 0) is 12.3 Å². The van der Waals surface area contributed by atoms with Crippen LogP contribution in [0.4, 0.5) is 0 Å². The highest BCUT2D eigenvalue weighted by molar-refractivity contribution is 5.95. The van der Waals surface area contributed by atoms with E-state index in [2.05, 4.69) is 4.74 Å². The van der Waals surface area contributed by atoms with E-state index >= 15 is 0 Å². The molecule has 0 aromatic rings. The van der Waals surface area contributed by atoms with E-state index in [-0.39, 0.29) is 17.9 Å². The van der Waals surface area contributed by atoms with Crippen LogP contribution in [0.2, 0.25) is 0 Å². The minimum atomic E-state index is -1.39. The second-order valence-electron chi connectivity index (χ2n) is 5.55. The Bertz CT molecular complexity index is 404. The van der Waals surface area contributed by atoms with E-state index in [0.717, 1.165) is 0 Å². The van der Waals surface area contributed by atoms with E-state index in [4.69, 9.17) is 4.74 Å². The zero-order valence-corrected chi connectivity index (χ0v) is 11.4. The van der Waals surface area contributed by atoms with Crippen molar-refractivity contribution in [2.75, 3.05) is 13.7 Å². The molecule has 0 aromatic carbocycles. The first-order chi connectivity index (χ1) is 8.27. The second kappa shape index (κ2) is 4.60. The van der Waals surface area contributed by atoms with Crippen LogP contribution < -0.4 is 0 Å². The van der Waals surface area contributed by atoms with Gasteiger partial charge >= 0.3 is 11.9 Å². The molecule has 1 aliphatic rings. The predicted molar refractivity (Wildman–Crippen MR) is 63.1 cm³/mol. The standard InChI is InChI=1S/C13H19NO4/c1-6-18-11(16)13(7-14)8(10(15)17-5)9(13)12(2,3)4/h8-9H,6H2,1-5H3/t8-,9-,13+/m0/s1. The van der Waals surface area contributed by atoms with Gasteiger partial charge in [0.05, 0.1) is 25.7 Å². The highest BCUT2D eigenvalue weighted by Gasteiger charge is 2.78. The Kier molecular flexibility index (Phi) is 3.70. The molecule has 0 heterocycles. The number of carbonyl (C=O) groups is 2. The average Bonchev–Trinajstić information content (AvgIpc) is 2.98. The van der Waals surface area contributed by atoms with Gasteiger partial charge in [0, 0.05) is 5.92 Å². The van der Waals surface area contributed by atoms with Gasteiger partial charge in [-0.2, -0.15) is 5.26 Å². The lowest BCUT2D eigenvalue weighted by molar-refractivity contribution is -0.152. The summed E-state index contributed by atoms with van der Waals surface area (Å²) in [4.78, 5) is 23.7. The van der Waals surface area contributed by atoms with Crippen molar-refractivity contribution >= 4 is 11.9 Å². The minimum Gasteiger partial charge on any atom is -0.469 e. The molecule has 0 spiro atoms. The molecular formula is C13H19NO4. The molecule has 0 amide bonds. The molecule has 1 aliphatic carbocycles. The Morgan fingerprint density at radius 1 is 1.39 bits per heavy atom. The van der Waals surface area contributed by atoms with Crippen LogP contribution in [0.25, 0.3) is 0 Å². The van der Waals surface area contributed by atoms with Crippen LogP contribution in [0, 0.1) is 34.0 Å². The predicted octanol–water partition coefficient (Wildman–Crippen LogP) is 1.52. The van der Waals surface area contributed by atoms with Crippen molar-refractivity contribution in [3.63, 3.8) is 0 Å². The summed E-state index contributed by atoms with van der Waals surface area (Å²) in [6.45, 7) is 7.54. The molecule has 0 N–H and O–H groups in total. The fourth-order valence-corrected chi connectivity index (χ4v) is 2.71. The van der Waals surface area contributed by atoms with E-state index in [0.29, 0.717) is 0 Å². The van der Waals surface area contributed by atoms with Gasteiger partial charge in [0.25, 0.3) is 0 Å². The van der Waals surface area contributed by atoms with Gasteiger partial charge in [0.2, 0.25) is 0 Å². The molecule has 1 saturated carbocycles. The van der Waals surface area contributed by atoms with Gasteiger partial charge in [-0.15, -0.1) is 0 Å².